The SMILES string of the molecule is CCn1cc(Br)c(CN(C)C(=O)c2cccc(Cl)c2Cl)n1. The van der Waals surface area contributed by atoms with Gasteiger partial charge in [-0.15, -0.1) is 0 Å². The molecule has 1 aromatic carbocycles. The molecule has 2 aromatic rings. The van der Waals surface area contributed by atoms with Crippen molar-refractivity contribution < 1.29 is 4.79 Å². The molecule has 21 heavy (non-hydrogen) atoms. The van der Waals surface area contributed by atoms with Gasteiger partial charge in [0.1, 0.15) is 0 Å². The third-order valence-electron chi connectivity index (χ3n) is 3.03. The first-order chi connectivity index (χ1) is 9.93. The summed E-state index contributed by atoms with van der Waals surface area (Å²) in [5.41, 5.74) is 1.18. The zero-order valence-corrected chi connectivity index (χ0v) is 14.7. The van der Waals surface area contributed by atoms with Crippen LogP contribution in [0.15, 0.2) is 28.9 Å². The van der Waals surface area contributed by atoms with E-state index in [0.29, 0.717) is 17.1 Å². The highest BCUT2D eigenvalue weighted by Crippen LogP contribution is 2.27. The fraction of sp³-hybridized carbons (Fsp3) is 0.286. The van der Waals surface area contributed by atoms with Crippen molar-refractivity contribution in [1.29, 1.82) is 0 Å². The quantitative estimate of drug-likeness (QED) is 0.782. The molecule has 1 heterocycles. The van der Waals surface area contributed by atoms with E-state index in [-0.39, 0.29) is 10.9 Å². The maximum atomic E-state index is 12.4. The molecular formula is C14H14BrCl2N3O. The molecule has 112 valence electrons. The zero-order chi connectivity index (χ0) is 15.6. The number of nitrogens with zero attached hydrogens (tertiary/aromatic N) is 3. The van der Waals surface area contributed by atoms with Crippen LogP contribution in [0.1, 0.15) is 23.0 Å². The third-order valence-corrected chi connectivity index (χ3v) is 4.51. The van der Waals surface area contributed by atoms with Crippen LogP contribution in [0.4, 0.5) is 0 Å². The van der Waals surface area contributed by atoms with Gasteiger partial charge in [0.05, 0.1) is 32.3 Å². The summed E-state index contributed by atoms with van der Waals surface area (Å²) in [6.45, 7) is 3.16. The molecule has 0 saturated heterocycles. The first kappa shape index (κ1) is 16.3. The largest absolute Gasteiger partial charge is 0.336 e. The predicted molar refractivity (Wildman–Crippen MR) is 87.9 cm³/mol. The fourth-order valence-electron chi connectivity index (χ4n) is 1.88. The highest BCUT2D eigenvalue weighted by Gasteiger charge is 2.18. The number of amides is 1. The van der Waals surface area contributed by atoms with Gasteiger partial charge in [-0.3, -0.25) is 9.48 Å². The van der Waals surface area contributed by atoms with E-state index in [1.807, 2.05) is 17.8 Å². The van der Waals surface area contributed by atoms with Gasteiger partial charge in [-0.25, -0.2) is 0 Å². The molecule has 0 radical (unpaired) electrons. The first-order valence-corrected chi connectivity index (χ1v) is 7.90. The van der Waals surface area contributed by atoms with Gasteiger partial charge in [0.15, 0.2) is 0 Å². The van der Waals surface area contributed by atoms with Crippen molar-refractivity contribution >= 4 is 45.0 Å². The van der Waals surface area contributed by atoms with E-state index in [9.17, 15) is 4.79 Å². The highest BCUT2D eigenvalue weighted by molar-refractivity contribution is 9.10. The lowest BCUT2D eigenvalue weighted by molar-refractivity contribution is 0.0783. The number of aromatic nitrogens is 2. The van der Waals surface area contributed by atoms with Gasteiger partial charge >= 0.3 is 0 Å². The minimum atomic E-state index is -0.194. The van der Waals surface area contributed by atoms with E-state index < -0.39 is 0 Å². The summed E-state index contributed by atoms with van der Waals surface area (Å²) in [6, 6.07) is 5.02. The average Bonchev–Trinajstić information content (AvgIpc) is 2.81. The van der Waals surface area contributed by atoms with Crippen molar-refractivity contribution in [2.24, 2.45) is 0 Å². The van der Waals surface area contributed by atoms with E-state index in [1.165, 1.54) is 0 Å². The molecule has 0 N–H and O–H groups in total. The number of aryl methyl sites for hydroxylation is 1. The van der Waals surface area contributed by atoms with Gasteiger partial charge in [-0.1, -0.05) is 29.3 Å². The molecule has 0 fully saturated rings. The van der Waals surface area contributed by atoms with Gasteiger partial charge in [0.2, 0.25) is 0 Å². The molecule has 1 aromatic heterocycles. The Morgan fingerprint density at radius 2 is 2.14 bits per heavy atom. The summed E-state index contributed by atoms with van der Waals surface area (Å²) in [7, 11) is 1.71. The summed E-state index contributed by atoms with van der Waals surface area (Å²) < 4.78 is 2.69. The molecular weight excluding hydrogens is 377 g/mol. The van der Waals surface area contributed by atoms with Crippen LogP contribution in [0, 0.1) is 0 Å². The number of hydrogen-bond acceptors (Lipinski definition) is 2. The molecule has 0 aliphatic rings. The van der Waals surface area contributed by atoms with Crippen LogP contribution in [0.5, 0.6) is 0 Å². The van der Waals surface area contributed by atoms with Crippen LogP contribution in [-0.4, -0.2) is 27.6 Å². The number of rotatable bonds is 4. The molecule has 0 bridgehead atoms. The summed E-state index contributed by atoms with van der Waals surface area (Å²) >= 11 is 15.5. The predicted octanol–water partition coefficient (Wildman–Crippen LogP) is 4.24. The number of benzene rings is 1. The second-order valence-corrected chi connectivity index (χ2v) is 6.18. The van der Waals surface area contributed by atoms with Gasteiger partial charge < -0.3 is 4.90 Å². The van der Waals surface area contributed by atoms with Gasteiger partial charge in [0.25, 0.3) is 5.91 Å². The number of hydrogen-bond donors (Lipinski definition) is 0. The summed E-state index contributed by atoms with van der Waals surface area (Å²) in [4.78, 5) is 14.0. The third kappa shape index (κ3) is 3.59. The lowest BCUT2D eigenvalue weighted by Gasteiger charge is -2.17. The van der Waals surface area contributed by atoms with Crippen molar-refractivity contribution in [2.75, 3.05) is 7.05 Å². The minimum Gasteiger partial charge on any atom is -0.336 e. The molecule has 0 atom stereocenters. The van der Waals surface area contributed by atoms with Crippen LogP contribution in [0.25, 0.3) is 0 Å². The normalized spacial score (nSPS) is 10.7. The van der Waals surface area contributed by atoms with Crippen molar-refractivity contribution in [1.82, 2.24) is 14.7 Å². The Morgan fingerprint density at radius 1 is 1.43 bits per heavy atom. The fourth-order valence-corrected chi connectivity index (χ4v) is 2.70. The van der Waals surface area contributed by atoms with E-state index >= 15 is 0 Å². The molecule has 7 heteroatoms. The molecule has 0 aliphatic carbocycles. The average molecular weight is 391 g/mol. The van der Waals surface area contributed by atoms with E-state index in [4.69, 9.17) is 23.2 Å². The lowest BCUT2D eigenvalue weighted by atomic mass is 10.2. The van der Waals surface area contributed by atoms with E-state index in [2.05, 4.69) is 21.0 Å². The topological polar surface area (TPSA) is 38.1 Å². The Hall–Kier alpha value is -1.04. The second-order valence-electron chi connectivity index (χ2n) is 4.54. The monoisotopic (exact) mass is 389 g/mol. The van der Waals surface area contributed by atoms with Crippen molar-refractivity contribution in [3.05, 3.63) is 50.2 Å². The van der Waals surface area contributed by atoms with Crippen LogP contribution >= 0.6 is 39.1 Å². The molecule has 2 rings (SSSR count). The smallest absolute Gasteiger partial charge is 0.255 e. The van der Waals surface area contributed by atoms with Crippen molar-refractivity contribution in [2.45, 2.75) is 20.0 Å². The maximum Gasteiger partial charge on any atom is 0.255 e. The van der Waals surface area contributed by atoms with Crippen LogP contribution < -0.4 is 0 Å². The minimum absolute atomic E-state index is 0.194. The van der Waals surface area contributed by atoms with Crippen LogP contribution in [-0.2, 0) is 13.1 Å². The number of carbonyl (C=O) groups is 1. The first-order valence-electron chi connectivity index (χ1n) is 6.35. The summed E-state index contributed by atoms with van der Waals surface area (Å²) in [5.74, 6) is -0.194. The molecule has 0 spiro atoms. The Balaban J connectivity index is 2.19. The van der Waals surface area contributed by atoms with Gasteiger partial charge in [-0.2, -0.15) is 5.10 Å². The number of carbonyl (C=O) groups excluding carboxylic acids is 1. The summed E-state index contributed by atoms with van der Waals surface area (Å²) in [5, 5.41) is 5.04. The standard InChI is InChI=1S/C14H14BrCl2N3O/c1-3-20-7-10(15)12(18-20)8-19(2)14(21)9-5-4-6-11(16)13(9)17/h4-7H,3,8H2,1-2H3. The Labute approximate surface area is 141 Å². The van der Waals surface area contributed by atoms with Gasteiger partial charge in [-0.05, 0) is 35.0 Å². The van der Waals surface area contributed by atoms with Gasteiger partial charge in [0, 0.05) is 19.8 Å². The zero-order valence-electron chi connectivity index (χ0n) is 11.6. The molecule has 1 amide bonds. The highest BCUT2D eigenvalue weighted by atomic mass is 79.9. The number of halogens is 3. The summed E-state index contributed by atoms with van der Waals surface area (Å²) in [6.07, 6.45) is 1.89. The molecule has 0 unspecified atom stereocenters. The lowest BCUT2D eigenvalue weighted by Crippen LogP contribution is -2.27. The van der Waals surface area contributed by atoms with Crippen molar-refractivity contribution in [3.63, 3.8) is 0 Å². The maximum absolute atomic E-state index is 12.4. The Bertz CT molecular complexity index is 672. The van der Waals surface area contributed by atoms with Crippen LogP contribution in [0.2, 0.25) is 10.0 Å². The van der Waals surface area contributed by atoms with E-state index in [0.717, 1.165) is 16.7 Å². The Morgan fingerprint density at radius 3 is 2.76 bits per heavy atom. The van der Waals surface area contributed by atoms with Crippen LogP contribution in [0.3, 0.4) is 0 Å². The molecule has 0 saturated carbocycles. The molecule has 4 nitrogen and oxygen atoms in total. The molecule has 0 aliphatic heterocycles. The van der Waals surface area contributed by atoms with Crippen molar-refractivity contribution in [3.8, 4) is 0 Å². The Kier molecular flexibility index (Phi) is 5.30. The van der Waals surface area contributed by atoms with E-state index in [1.54, 1.807) is 30.1 Å². The second kappa shape index (κ2) is 6.81.